The number of aromatic carboxylic acids is 1. The van der Waals surface area contributed by atoms with Gasteiger partial charge in [-0.15, -0.1) is 0 Å². The Morgan fingerprint density at radius 1 is 0.848 bits per heavy atom. The molecule has 2 aromatic rings. The number of rotatable bonds is 6. The van der Waals surface area contributed by atoms with E-state index in [9.17, 15) is 9.59 Å². The fourth-order valence-electron chi connectivity index (χ4n) is 3.77. The van der Waals surface area contributed by atoms with Gasteiger partial charge in [0.15, 0.2) is 0 Å². The van der Waals surface area contributed by atoms with E-state index < -0.39 is 5.97 Å². The molecule has 2 saturated carbocycles. The number of halogens is 2. The van der Waals surface area contributed by atoms with Gasteiger partial charge in [0.25, 0.3) is 0 Å². The molecule has 0 aromatic heterocycles. The van der Waals surface area contributed by atoms with Gasteiger partial charge in [0.05, 0.1) is 18.2 Å². The third-order valence-electron chi connectivity index (χ3n) is 5.88. The van der Waals surface area contributed by atoms with Crippen LogP contribution in [0.4, 0.5) is 0 Å². The molecule has 5 nitrogen and oxygen atoms in total. The van der Waals surface area contributed by atoms with E-state index in [0.29, 0.717) is 11.5 Å². The summed E-state index contributed by atoms with van der Waals surface area (Å²) in [6, 6.07) is 8.06. The van der Waals surface area contributed by atoms with Crippen LogP contribution in [0.3, 0.4) is 0 Å². The second kappa shape index (κ2) is 13.0. The highest BCUT2D eigenvalue weighted by molar-refractivity contribution is 14.1. The number of benzene rings is 2. The summed E-state index contributed by atoms with van der Waals surface area (Å²) in [5, 5.41) is 16.1. The highest BCUT2D eigenvalue weighted by Crippen LogP contribution is 2.43. The Balaban J connectivity index is 0.000000218. The fourth-order valence-corrected chi connectivity index (χ4v) is 5.59. The molecule has 4 rings (SSSR count). The van der Waals surface area contributed by atoms with Crippen molar-refractivity contribution in [1.29, 1.82) is 0 Å². The second-order valence-corrected chi connectivity index (χ2v) is 10.4. The first-order valence-corrected chi connectivity index (χ1v) is 13.4. The predicted molar refractivity (Wildman–Crippen MR) is 147 cm³/mol. The molecule has 0 saturated heterocycles. The Bertz CT molecular complexity index is 995. The Kier molecular flexibility index (Phi) is 11.1. The van der Waals surface area contributed by atoms with Gasteiger partial charge in [0.2, 0.25) is 0 Å². The molecule has 33 heavy (non-hydrogen) atoms. The smallest absolute Gasteiger partial charge is 0.338 e. The summed E-state index contributed by atoms with van der Waals surface area (Å²) in [6.45, 7) is 4.08. The second-order valence-electron chi connectivity index (χ2n) is 8.11. The molecule has 0 unspecified atom stereocenters. The number of carboxylic acid groups (broad SMARTS) is 1. The lowest BCUT2D eigenvalue weighted by Gasteiger charge is -2.10. The van der Waals surface area contributed by atoms with Crippen molar-refractivity contribution in [1.82, 2.24) is 0 Å². The van der Waals surface area contributed by atoms with Crippen molar-refractivity contribution in [3.05, 3.63) is 64.8 Å². The molecule has 0 bridgehead atoms. The maximum absolute atomic E-state index is 11.6. The van der Waals surface area contributed by atoms with Gasteiger partial charge < -0.3 is 14.9 Å². The van der Waals surface area contributed by atoms with Crippen molar-refractivity contribution in [2.24, 2.45) is 0 Å². The van der Waals surface area contributed by atoms with Crippen LogP contribution in [0, 0.1) is 7.14 Å². The Morgan fingerprint density at radius 3 is 1.58 bits per heavy atom. The van der Waals surface area contributed by atoms with Gasteiger partial charge in [-0.05, 0) is 130 Å². The molecule has 2 aliphatic carbocycles. The van der Waals surface area contributed by atoms with Gasteiger partial charge in [-0.3, -0.25) is 0 Å². The molecule has 2 fully saturated rings. The first-order valence-electron chi connectivity index (χ1n) is 11.2. The van der Waals surface area contributed by atoms with Gasteiger partial charge in [0, 0.05) is 14.3 Å². The van der Waals surface area contributed by atoms with E-state index in [1.165, 1.54) is 47.5 Å². The van der Waals surface area contributed by atoms with Crippen molar-refractivity contribution in [2.75, 3.05) is 14.2 Å². The van der Waals surface area contributed by atoms with E-state index in [4.69, 9.17) is 14.9 Å². The van der Waals surface area contributed by atoms with E-state index in [-0.39, 0.29) is 5.97 Å². The Morgan fingerprint density at radius 2 is 1.24 bits per heavy atom. The molecular weight excluding hydrogens is 646 g/mol. The molecule has 2 aliphatic rings. The molecule has 0 aliphatic heterocycles. The average molecular weight is 678 g/mol. The number of carbonyl (C=O) groups is 2. The molecule has 0 amide bonds. The maximum Gasteiger partial charge on any atom is 0.338 e. The van der Waals surface area contributed by atoms with Crippen molar-refractivity contribution in [3.8, 4) is 0 Å². The molecule has 0 heterocycles. The molecule has 2 N–H and O–H groups in total. The summed E-state index contributed by atoms with van der Waals surface area (Å²) >= 11 is 4.56. The lowest BCUT2D eigenvalue weighted by molar-refractivity contribution is 0.0598. The standard InChI is InChI=1S/C13H15IO2.C12H13IO2.CH4O/c1-3-8-6-10(9-4-5-9)12(14)7-11(8)13(15)16-2;1-2-7-5-9(8-3-4-8)11(13)6-10(7)12(14)15;1-2/h6-7,9H,3-5H2,1-2H3;5-6,8H,2-4H2,1H3,(H,14,15);2H,1H3. The Labute approximate surface area is 223 Å². The van der Waals surface area contributed by atoms with Crippen molar-refractivity contribution in [3.63, 3.8) is 0 Å². The van der Waals surface area contributed by atoms with Crippen molar-refractivity contribution >= 4 is 57.1 Å². The van der Waals surface area contributed by atoms with Crippen molar-refractivity contribution in [2.45, 2.75) is 64.2 Å². The van der Waals surface area contributed by atoms with E-state index in [1.54, 1.807) is 0 Å². The van der Waals surface area contributed by atoms with Crippen LogP contribution in [0.2, 0.25) is 0 Å². The number of carboxylic acids is 1. The molecule has 0 radical (unpaired) electrons. The van der Waals surface area contributed by atoms with Crippen molar-refractivity contribution < 1.29 is 24.5 Å². The van der Waals surface area contributed by atoms with E-state index >= 15 is 0 Å². The van der Waals surface area contributed by atoms with Gasteiger partial charge >= 0.3 is 11.9 Å². The molecule has 2 aromatic carbocycles. The minimum atomic E-state index is -0.813. The fraction of sp³-hybridized carbons (Fsp3) is 0.462. The van der Waals surface area contributed by atoms with E-state index in [2.05, 4.69) is 64.2 Å². The third-order valence-corrected chi connectivity index (χ3v) is 7.75. The topological polar surface area (TPSA) is 83.8 Å². The minimum absolute atomic E-state index is 0.225. The largest absolute Gasteiger partial charge is 0.478 e. The zero-order valence-electron chi connectivity index (χ0n) is 19.6. The van der Waals surface area contributed by atoms with Crippen LogP contribution >= 0.6 is 45.2 Å². The van der Waals surface area contributed by atoms with Gasteiger partial charge in [0.1, 0.15) is 0 Å². The number of methoxy groups -OCH3 is 1. The first-order chi connectivity index (χ1) is 15.8. The minimum Gasteiger partial charge on any atom is -0.478 e. The number of esters is 1. The Hall–Kier alpha value is -1.20. The number of hydrogen-bond donors (Lipinski definition) is 2. The summed E-state index contributed by atoms with van der Waals surface area (Å²) in [4.78, 5) is 22.6. The normalized spacial score (nSPS) is 14.4. The molecular formula is C26H32I2O5. The zero-order chi connectivity index (χ0) is 24.7. The summed E-state index contributed by atoms with van der Waals surface area (Å²) in [5.41, 5.74) is 6.01. The molecule has 0 atom stereocenters. The summed E-state index contributed by atoms with van der Waals surface area (Å²) < 4.78 is 7.10. The predicted octanol–water partition coefficient (Wildman–Crippen LogP) is 6.56. The first kappa shape index (κ1) is 28.0. The van der Waals surface area contributed by atoms with E-state index in [1.807, 2.05) is 19.1 Å². The highest BCUT2D eigenvalue weighted by Gasteiger charge is 2.28. The quantitative estimate of drug-likeness (QED) is 0.268. The number of aryl methyl sites for hydroxylation is 2. The van der Waals surface area contributed by atoms with E-state index in [0.717, 1.165) is 46.1 Å². The maximum atomic E-state index is 11.6. The number of carbonyl (C=O) groups excluding carboxylic acids is 1. The number of aliphatic hydroxyl groups is 1. The summed E-state index contributed by atoms with van der Waals surface area (Å²) in [6.07, 6.45) is 6.75. The van der Waals surface area contributed by atoms with Gasteiger partial charge in [-0.1, -0.05) is 26.0 Å². The van der Waals surface area contributed by atoms with Crippen LogP contribution in [0.5, 0.6) is 0 Å². The van der Waals surface area contributed by atoms with Crippen LogP contribution in [-0.4, -0.2) is 36.4 Å². The molecule has 0 spiro atoms. The molecule has 180 valence electrons. The zero-order valence-corrected chi connectivity index (χ0v) is 23.9. The average Bonchev–Trinajstić information content (AvgIpc) is 3.73. The number of ether oxygens (including phenoxy) is 1. The summed E-state index contributed by atoms with van der Waals surface area (Å²) in [5.74, 6) is 0.373. The lowest BCUT2D eigenvalue weighted by Crippen LogP contribution is -2.07. The SMILES string of the molecule is CCc1cc(C2CC2)c(I)cc1C(=O)O.CCc1cc(C2CC2)c(I)cc1C(=O)OC.CO. The molecule has 7 heteroatoms. The number of hydrogen-bond acceptors (Lipinski definition) is 4. The van der Waals surface area contributed by atoms with Gasteiger partial charge in [-0.2, -0.15) is 0 Å². The van der Waals surface area contributed by atoms with Gasteiger partial charge in [-0.25, -0.2) is 9.59 Å². The van der Waals surface area contributed by atoms with Crippen LogP contribution in [0.15, 0.2) is 24.3 Å². The van der Waals surface area contributed by atoms with Crippen LogP contribution < -0.4 is 0 Å². The lowest BCUT2D eigenvalue weighted by atomic mass is 10.00. The highest BCUT2D eigenvalue weighted by atomic mass is 127. The summed E-state index contributed by atoms with van der Waals surface area (Å²) in [7, 11) is 2.43. The van der Waals surface area contributed by atoms with Crippen LogP contribution in [-0.2, 0) is 17.6 Å². The third kappa shape index (κ3) is 7.39. The number of aliphatic hydroxyl groups excluding tert-OH is 1. The van der Waals surface area contributed by atoms with Crippen LogP contribution in [0.25, 0.3) is 0 Å². The van der Waals surface area contributed by atoms with Crippen LogP contribution in [0.1, 0.15) is 94.3 Å². The monoisotopic (exact) mass is 678 g/mol.